The van der Waals surface area contributed by atoms with Crippen LogP contribution in [-0.2, 0) is 19.1 Å². The molecule has 0 unspecified atom stereocenters. The first-order valence-electron chi connectivity index (χ1n) is 24.3. The highest BCUT2D eigenvalue weighted by Crippen LogP contribution is 2.32. The monoisotopic (exact) mass is 936 g/mol. The van der Waals surface area contributed by atoms with E-state index in [1.807, 2.05) is 0 Å². The maximum atomic E-state index is 15.0. The Balaban J connectivity index is 1.24. The van der Waals surface area contributed by atoms with E-state index in [9.17, 15) is 32.3 Å². The second-order valence-corrected chi connectivity index (χ2v) is 16.6. The Hall–Kier alpha value is -5.59. The van der Waals surface area contributed by atoms with Gasteiger partial charge in [-0.05, 0) is 74.2 Å². The number of rotatable bonds is 38. The number of halogens is 3. The molecule has 3 aromatic carbocycles. The third-order valence-electron chi connectivity index (χ3n) is 11.1. The molecule has 0 amide bonds. The number of hydrogen-bond donors (Lipinski definition) is 0. The van der Waals surface area contributed by atoms with Crippen molar-refractivity contribution in [2.75, 3.05) is 26.4 Å². The molecule has 0 radical (unpaired) electrons. The zero-order chi connectivity index (χ0) is 48.3. The number of carbonyl (C=O) groups is 4. The summed E-state index contributed by atoms with van der Waals surface area (Å²) in [6.07, 6.45) is 29.1. The molecule has 0 heterocycles. The fourth-order valence-corrected chi connectivity index (χ4v) is 7.20. The lowest BCUT2D eigenvalue weighted by atomic mass is 10.1. The fourth-order valence-electron chi connectivity index (χ4n) is 7.20. The van der Waals surface area contributed by atoms with Gasteiger partial charge in [-0.2, -0.15) is 8.78 Å². The van der Waals surface area contributed by atoms with Crippen LogP contribution in [0.15, 0.2) is 79.9 Å². The minimum absolute atomic E-state index is 0.00619. The summed E-state index contributed by atoms with van der Waals surface area (Å²) in [6, 6.07) is 12.2. The summed E-state index contributed by atoms with van der Waals surface area (Å²) in [5.74, 6) is -9.06. The largest absolute Gasteiger partial charge is 0.494 e. The summed E-state index contributed by atoms with van der Waals surface area (Å²) in [6.45, 7) is 8.68. The average Bonchev–Trinajstić information content (AvgIpc) is 3.34. The van der Waals surface area contributed by atoms with E-state index in [-0.39, 0.29) is 23.1 Å². The second-order valence-electron chi connectivity index (χ2n) is 16.6. The van der Waals surface area contributed by atoms with Crippen LogP contribution in [0, 0.1) is 17.5 Å². The highest BCUT2D eigenvalue weighted by molar-refractivity contribution is 5.92. The zero-order valence-electron chi connectivity index (χ0n) is 39.3. The molecule has 0 spiro atoms. The molecule has 0 fully saturated rings. The molecule has 368 valence electrons. The first kappa shape index (κ1) is 55.7. The van der Waals surface area contributed by atoms with Gasteiger partial charge in [-0.15, -0.1) is 0 Å². The van der Waals surface area contributed by atoms with E-state index in [1.165, 1.54) is 126 Å². The van der Waals surface area contributed by atoms with Crippen molar-refractivity contribution >= 4 is 23.9 Å². The van der Waals surface area contributed by atoms with Gasteiger partial charge in [-0.25, -0.2) is 23.6 Å². The third-order valence-corrected chi connectivity index (χ3v) is 11.1. The third kappa shape index (κ3) is 24.1. The molecule has 0 N–H and O–H groups in total. The molecule has 0 saturated heterocycles. The first-order valence-corrected chi connectivity index (χ1v) is 24.3. The number of hydrogen-bond acceptors (Lipinski definition) is 10. The number of unbranched alkanes of at least 4 members (excludes halogenated alkanes) is 22. The van der Waals surface area contributed by atoms with E-state index in [0.29, 0.717) is 44.0 Å². The van der Waals surface area contributed by atoms with E-state index in [2.05, 4.69) is 13.2 Å². The standard InChI is InChI=1S/C54H71F3O10/c1-3-48(58)64-39-27-23-19-15-11-7-5-9-13-17-21-25-37-62-44-33-29-42(30-34-44)53(60)66-47-41-46(55)52(51(57)50(47)56)67-54(61)43-31-35-45(36-32-43)63-38-26-22-18-14-10-6-8-12-16-20-24-28-40-65-49(59)4-2/h3-4,29-36,41H,1-2,5-28,37-40H2. The Morgan fingerprint density at radius 2 is 0.731 bits per heavy atom. The number of benzene rings is 3. The average molecular weight is 937 g/mol. The lowest BCUT2D eigenvalue weighted by Gasteiger charge is -2.12. The van der Waals surface area contributed by atoms with E-state index in [4.69, 9.17) is 28.4 Å². The topological polar surface area (TPSA) is 124 Å². The number of carbonyl (C=O) groups excluding carboxylic acids is 4. The maximum Gasteiger partial charge on any atom is 0.343 e. The first-order chi connectivity index (χ1) is 32.6. The van der Waals surface area contributed by atoms with Gasteiger partial charge in [0.2, 0.25) is 17.4 Å². The van der Waals surface area contributed by atoms with Crippen molar-refractivity contribution in [2.45, 2.75) is 154 Å². The van der Waals surface area contributed by atoms with Gasteiger partial charge in [-0.1, -0.05) is 142 Å². The van der Waals surface area contributed by atoms with Crippen molar-refractivity contribution in [1.29, 1.82) is 0 Å². The smallest absolute Gasteiger partial charge is 0.343 e. The number of esters is 4. The predicted molar refractivity (Wildman–Crippen MR) is 253 cm³/mol. The molecule has 0 atom stereocenters. The lowest BCUT2D eigenvalue weighted by molar-refractivity contribution is -0.138. The minimum atomic E-state index is -1.82. The van der Waals surface area contributed by atoms with Gasteiger partial charge in [-0.3, -0.25) is 0 Å². The molecule has 0 bridgehead atoms. The van der Waals surface area contributed by atoms with E-state index < -0.39 is 40.9 Å². The Kier molecular flexibility index (Phi) is 28.9. The van der Waals surface area contributed by atoms with E-state index >= 15 is 0 Å². The summed E-state index contributed by atoms with van der Waals surface area (Å²) in [5.41, 5.74) is -0.0302. The van der Waals surface area contributed by atoms with Gasteiger partial charge in [0.05, 0.1) is 37.6 Å². The van der Waals surface area contributed by atoms with Gasteiger partial charge in [0.15, 0.2) is 11.6 Å². The van der Waals surface area contributed by atoms with Gasteiger partial charge in [0.1, 0.15) is 11.5 Å². The highest BCUT2D eigenvalue weighted by atomic mass is 19.2. The van der Waals surface area contributed by atoms with E-state index in [1.54, 1.807) is 12.1 Å². The van der Waals surface area contributed by atoms with Crippen LogP contribution in [0.25, 0.3) is 0 Å². The molecule has 0 aliphatic heterocycles. The van der Waals surface area contributed by atoms with Crippen molar-refractivity contribution in [3.05, 3.63) is 108 Å². The van der Waals surface area contributed by atoms with Crippen molar-refractivity contribution < 1.29 is 60.8 Å². The summed E-state index contributed by atoms with van der Waals surface area (Å²) >= 11 is 0. The minimum Gasteiger partial charge on any atom is -0.494 e. The van der Waals surface area contributed by atoms with Crippen LogP contribution in [0.4, 0.5) is 13.2 Å². The molecule has 67 heavy (non-hydrogen) atoms. The van der Waals surface area contributed by atoms with Gasteiger partial charge in [0, 0.05) is 18.2 Å². The molecule has 0 aliphatic carbocycles. The Morgan fingerprint density at radius 1 is 0.418 bits per heavy atom. The Labute approximate surface area is 395 Å². The molecule has 13 heteroatoms. The summed E-state index contributed by atoms with van der Waals surface area (Å²) in [4.78, 5) is 47.5. The molecule has 0 aromatic heterocycles. The SMILES string of the molecule is C=CC(=O)OCCCCCCCCCCCCCCOc1ccc(C(=O)Oc2cc(F)c(OC(=O)c3ccc(OCCCCCCCCCCCCCCOC(=O)C=C)cc3)c(F)c2F)cc1. The van der Waals surface area contributed by atoms with Gasteiger partial charge in [0.25, 0.3) is 0 Å². The van der Waals surface area contributed by atoms with Crippen LogP contribution in [0.5, 0.6) is 23.0 Å². The van der Waals surface area contributed by atoms with Crippen molar-refractivity contribution in [1.82, 2.24) is 0 Å². The molecule has 0 saturated carbocycles. The number of ether oxygens (including phenoxy) is 6. The summed E-state index contributed by atoms with van der Waals surface area (Å²) in [5, 5.41) is 0. The molecule has 3 rings (SSSR count). The van der Waals surface area contributed by atoms with Crippen LogP contribution in [0.1, 0.15) is 175 Å². The lowest BCUT2D eigenvalue weighted by Crippen LogP contribution is -2.14. The van der Waals surface area contributed by atoms with Gasteiger partial charge < -0.3 is 28.4 Å². The van der Waals surface area contributed by atoms with E-state index in [0.717, 1.165) is 77.0 Å². The van der Waals surface area contributed by atoms with Gasteiger partial charge >= 0.3 is 23.9 Å². The normalized spacial score (nSPS) is 10.9. The van der Waals surface area contributed by atoms with Crippen LogP contribution in [-0.4, -0.2) is 50.3 Å². The quantitative estimate of drug-likeness (QED) is 0.0180. The van der Waals surface area contributed by atoms with Crippen LogP contribution in [0.2, 0.25) is 0 Å². The molecule has 0 aliphatic rings. The van der Waals surface area contributed by atoms with Crippen LogP contribution >= 0.6 is 0 Å². The van der Waals surface area contributed by atoms with Crippen molar-refractivity contribution in [2.24, 2.45) is 0 Å². The second kappa shape index (κ2) is 34.7. The predicted octanol–water partition coefficient (Wildman–Crippen LogP) is 14.1. The Morgan fingerprint density at radius 3 is 1.07 bits per heavy atom. The molecular formula is C54H71F3O10. The maximum absolute atomic E-state index is 15.0. The molecule has 3 aromatic rings. The highest BCUT2D eigenvalue weighted by Gasteiger charge is 2.26. The molecular weight excluding hydrogens is 866 g/mol. The summed E-state index contributed by atoms with van der Waals surface area (Å²) < 4.78 is 76.3. The Bertz CT molecular complexity index is 1920. The summed E-state index contributed by atoms with van der Waals surface area (Å²) in [7, 11) is 0. The van der Waals surface area contributed by atoms with Crippen LogP contribution < -0.4 is 18.9 Å². The zero-order valence-corrected chi connectivity index (χ0v) is 39.3. The molecule has 10 nitrogen and oxygen atoms in total. The van der Waals surface area contributed by atoms with Crippen molar-refractivity contribution in [3.8, 4) is 23.0 Å². The van der Waals surface area contributed by atoms with Crippen LogP contribution in [0.3, 0.4) is 0 Å². The fraction of sp³-hybridized carbons (Fsp3) is 0.519. The van der Waals surface area contributed by atoms with Crippen molar-refractivity contribution in [3.63, 3.8) is 0 Å².